The van der Waals surface area contributed by atoms with Crippen LogP contribution in [0.15, 0.2) is 18.3 Å². The summed E-state index contributed by atoms with van der Waals surface area (Å²) in [6.45, 7) is 8.26. The van der Waals surface area contributed by atoms with Crippen molar-refractivity contribution in [3.8, 4) is 0 Å². The van der Waals surface area contributed by atoms with Crippen LogP contribution in [0, 0.1) is 13.8 Å². The Morgan fingerprint density at radius 3 is 2.56 bits per heavy atom. The minimum Gasteiger partial charge on any atom is -0.346 e. The number of nitrogens with zero attached hydrogens (tertiary/aromatic N) is 1. The maximum atomic E-state index is 5.73. The second-order valence-electron chi connectivity index (χ2n) is 5.16. The molecule has 2 heteroatoms. The number of aryl methyl sites for hydroxylation is 3. The van der Waals surface area contributed by atoms with E-state index in [1.165, 1.54) is 46.9 Å². The molecule has 1 heterocycles. The van der Waals surface area contributed by atoms with Crippen LogP contribution in [0.1, 0.15) is 36.5 Å². The van der Waals surface area contributed by atoms with Crippen LogP contribution in [0.4, 0.5) is 0 Å². The van der Waals surface area contributed by atoms with E-state index in [2.05, 4.69) is 43.7 Å². The van der Waals surface area contributed by atoms with Crippen LogP contribution in [0.25, 0.3) is 10.9 Å². The van der Waals surface area contributed by atoms with Gasteiger partial charge in [0.05, 0.1) is 5.52 Å². The van der Waals surface area contributed by atoms with Gasteiger partial charge in [-0.3, -0.25) is 0 Å². The van der Waals surface area contributed by atoms with Gasteiger partial charge in [-0.05, 0) is 43.4 Å². The molecule has 0 amide bonds. The van der Waals surface area contributed by atoms with E-state index in [1.54, 1.807) is 0 Å². The first-order valence-electron chi connectivity index (χ1n) is 6.97. The van der Waals surface area contributed by atoms with Crippen LogP contribution < -0.4 is 5.73 Å². The lowest BCUT2D eigenvalue weighted by molar-refractivity contribution is 0.725. The topological polar surface area (TPSA) is 30.9 Å². The minimum absolute atomic E-state index is 0.699. The number of hydrogen-bond donors (Lipinski definition) is 1. The van der Waals surface area contributed by atoms with Gasteiger partial charge in [0.2, 0.25) is 0 Å². The lowest BCUT2D eigenvalue weighted by Crippen LogP contribution is -2.09. The van der Waals surface area contributed by atoms with Gasteiger partial charge in [-0.15, -0.1) is 0 Å². The molecular formula is C16H24N2. The van der Waals surface area contributed by atoms with Crippen molar-refractivity contribution in [3.63, 3.8) is 0 Å². The van der Waals surface area contributed by atoms with Gasteiger partial charge in [-0.1, -0.05) is 25.5 Å². The zero-order valence-corrected chi connectivity index (χ0v) is 11.8. The van der Waals surface area contributed by atoms with Gasteiger partial charge in [-0.25, -0.2) is 0 Å². The number of rotatable bonds is 5. The van der Waals surface area contributed by atoms with E-state index < -0.39 is 0 Å². The predicted molar refractivity (Wildman–Crippen MR) is 79.1 cm³/mol. The van der Waals surface area contributed by atoms with Crippen molar-refractivity contribution in [1.29, 1.82) is 0 Å². The maximum Gasteiger partial charge on any atom is 0.0515 e. The van der Waals surface area contributed by atoms with Gasteiger partial charge in [0.1, 0.15) is 0 Å². The minimum atomic E-state index is 0.699. The molecule has 0 aliphatic rings. The summed E-state index contributed by atoms with van der Waals surface area (Å²) in [5.41, 5.74) is 11.3. The number of aromatic nitrogens is 1. The highest BCUT2D eigenvalue weighted by Gasteiger charge is 2.12. The quantitative estimate of drug-likeness (QED) is 0.856. The smallest absolute Gasteiger partial charge is 0.0515 e. The Bertz CT molecular complexity index is 538. The monoisotopic (exact) mass is 244 g/mol. The first kappa shape index (κ1) is 13.2. The Hall–Kier alpha value is -1.28. The predicted octanol–water partition coefficient (Wildman–Crippen LogP) is 3.56. The van der Waals surface area contributed by atoms with Crippen molar-refractivity contribution in [1.82, 2.24) is 4.57 Å². The van der Waals surface area contributed by atoms with Crippen LogP contribution in [-0.4, -0.2) is 11.1 Å². The Labute approximate surface area is 110 Å². The van der Waals surface area contributed by atoms with Crippen LogP contribution in [0.3, 0.4) is 0 Å². The fourth-order valence-electron chi connectivity index (χ4n) is 2.76. The maximum absolute atomic E-state index is 5.73. The van der Waals surface area contributed by atoms with Crippen LogP contribution in [-0.2, 0) is 13.0 Å². The molecule has 98 valence electrons. The number of benzene rings is 1. The number of hydrogen-bond acceptors (Lipinski definition) is 1. The van der Waals surface area contributed by atoms with Crippen molar-refractivity contribution in [2.75, 3.05) is 6.54 Å². The molecule has 0 aliphatic carbocycles. The molecule has 2 nitrogen and oxygen atoms in total. The van der Waals surface area contributed by atoms with Crippen molar-refractivity contribution in [2.24, 2.45) is 5.73 Å². The summed E-state index contributed by atoms with van der Waals surface area (Å²) in [6.07, 6.45) is 5.99. The number of unbranched alkanes of at least 4 members (excludes halogenated alkanes) is 1. The second-order valence-corrected chi connectivity index (χ2v) is 5.16. The lowest BCUT2D eigenvalue weighted by atomic mass is 10.0. The summed E-state index contributed by atoms with van der Waals surface area (Å²) in [7, 11) is 0. The van der Waals surface area contributed by atoms with Crippen molar-refractivity contribution in [3.05, 3.63) is 35.0 Å². The first-order valence-corrected chi connectivity index (χ1v) is 6.97. The Morgan fingerprint density at radius 2 is 1.89 bits per heavy atom. The Kier molecular flexibility index (Phi) is 4.07. The molecule has 0 radical (unpaired) electrons. The fourth-order valence-corrected chi connectivity index (χ4v) is 2.76. The SMILES string of the molecule is CCCCc1cn(CCN)c2c(C)ccc(C)c12. The van der Waals surface area contributed by atoms with Crippen LogP contribution in [0.5, 0.6) is 0 Å². The van der Waals surface area contributed by atoms with E-state index in [0.717, 1.165) is 6.54 Å². The van der Waals surface area contributed by atoms with Gasteiger partial charge >= 0.3 is 0 Å². The van der Waals surface area contributed by atoms with Crippen molar-refractivity contribution < 1.29 is 0 Å². The fraction of sp³-hybridized carbons (Fsp3) is 0.500. The summed E-state index contributed by atoms with van der Waals surface area (Å²) in [5.74, 6) is 0. The zero-order valence-electron chi connectivity index (χ0n) is 11.8. The zero-order chi connectivity index (χ0) is 13.1. The number of nitrogens with two attached hydrogens (primary N) is 1. The summed E-state index contributed by atoms with van der Waals surface area (Å²) < 4.78 is 2.34. The Morgan fingerprint density at radius 1 is 1.17 bits per heavy atom. The highest BCUT2D eigenvalue weighted by atomic mass is 15.0. The molecular weight excluding hydrogens is 220 g/mol. The molecule has 0 aliphatic heterocycles. The average molecular weight is 244 g/mol. The summed E-state index contributed by atoms with van der Waals surface area (Å²) >= 11 is 0. The van der Waals surface area contributed by atoms with E-state index in [1.807, 2.05) is 0 Å². The molecule has 0 atom stereocenters. The molecule has 0 saturated carbocycles. The molecule has 2 N–H and O–H groups in total. The normalized spacial score (nSPS) is 11.3. The summed E-state index contributed by atoms with van der Waals surface area (Å²) in [5, 5.41) is 1.46. The molecule has 0 fully saturated rings. The van der Waals surface area contributed by atoms with Gasteiger partial charge in [0, 0.05) is 24.7 Å². The van der Waals surface area contributed by atoms with Crippen molar-refractivity contribution in [2.45, 2.75) is 46.6 Å². The summed E-state index contributed by atoms with van der Waals surface area (Å²) in [4.78, 5) is 0. The largest absolute Gasteiger partial charge is 0.346 e. The molecule has 0 saturated heterocycles. The molecule has 0 spiro atoms. The third-order valence-electron chi connectivity index (χ3n) is 3.68. The van der Waals surface area contributed by atoms with E-state index in [4.69, 9.17) is 5.73 Å². The molecule has 2 rings (SSSR count). The summed E-state index contributed by atoms with van der Waals surface area (Å²) in [6, 6.07) is 4.45. The van der Waals surface area contributed by atoms with Gasteiger partial charge < -0.3 is 10.3 Å². The van der Waals surface area contributed by atoms with Gasteiger partial charge in [0.25, 0.3) is 0 Å². The molecule has 18 heavy (non-hydrogen) atoms. The van der Waals surface area contributed by atoms with Gasteiger partial charge in [0.15, 0.2) is 0 Å². The van der Waals surface area contributed by atoms with Crippen LogP contribution in [0.2, 0.25) is 0 Å². The van der Waals surface area contributed by atoms with E-state index in [-0.39, 0.29) is 0 Å². The molecule has 1 aromatic carbocycles. The lowest BCUT2D eigenvalue weighted by Gasteiger charge is -2.07. The third-order valence-corrected chi connectivity index (χ3v) is 3.68. The Balaban J connectivity index is 2.60. The van der Waals surface area contributed by atoms with E-state index >= 15 is 0 Å². The van der Waals surface area contributed by atoms with Gasteiger partial charge in [-0.2, -0.15) is 0 Å². The highest BCUT2D eigenvalue weighted by Crippen LogP contribution is 2.28. The molecule has 2 aromatic rings. The second kappa shape index (κ2) is 5.57. The highest BCUT2D eigenvalue weighted by molar-refractivity contribution is 5.89. The number of fused-ring (bicyclic) bond motifs is 1. The molecule has 0 bridgehead atoms. The van der Waals surface area contributed by atoms with Crippen molar-refractivity contribution >= 4 is 10.9 Å². The average Bonchev–Trinajstić information content (AvgIpc) is 2.72. The van der Waals surface area contributed by atoms with E-state index in [0.29, 0.717) is 6.54 Å². The van der Waals surface area contributed by atoms with E-state index in [9.17, 15) is 0 Å². The standard InChI is InChI=1S/C16H24N2/c1-4-5-6-14-11-18(10-9-17)16-13(3)8-7-12(2)15(14)16/h7-8,11H,4-6,9-10,17H2,1-3H3. The molecule has 0 unspecified atom stereocenters. The first-order chi connectivity index (χ1) is 8.69. The molecule has 1 aromatic heterocycles. The third kappa shape index (κ3) is 2.30. The van der Waals surface area contributed by atoms with Crippen LogP contribution >= 0.6 is 0 Å².